The summed E-state index contributed by atoms with van der Waals surface area (Å²) in [4.78, 5) is 25.6. The highest BCUT2D eigenvalue weighted by atomic mass is 32.2. The highest BCUT2D eigenvalue weighted by molar-refractivity contribution is 7.90. The van der Waals surface area contributed by atoms with Crippen LogP contribution in [0.15, 0.2) is 83.8 Å². The van der Waals surface area contributed by atoms with Crippen molar-refractivity contribution >= 4 is 32.9 Å². The number of aliphatic hydroxyl groups is 2. The Morgan fingerprint density at radius 1 is 0.766 bits per heavy atom. The molecule has 4 aromatic carbocycles. The summed E-state index contributed by atoms with van der Waals surface area (Å²) in [5, 5.41) is 32.5. The molecule has 17 nitrogen and oxygen atoms in total. The van der Waals surface area contributed by atoms with E-state index in [2.05, 4.69) is 0 Å². The summed E-state index contributed by atoms with van der Waals surface area (Å²) in [6, 6.07) is 22.7. The quantitative estimate of drug-likeness (QED) is 0.214. The first-order chi connectivity index (χ1) is 30.7. The lowest BCUT2D eigenvalue weighted by molar-refractivity contribution is -0.364. The van der Waals surface area contributed by atoms with Gasteiger partial charge in [0.2, 0.25) is 12.5 Å². The fourth-order valence-electron chi connectivity index (χ4n) is 9.17. The number of hydrogen-bond donors (Lipinski definition) is 3. The molecule has 3 N–H and O–H groups in total. The average molecular weight is 903 g/mol. The number of ether oxygens (including phenoxy) is 10. The Bertz CT molecular complexity index is 2550. The van der Waals surface area contributed by atoms with E-state index in [-0.39, 0.29) is 54.7 Å². The number of phenolic OH excluding ortho intramolecular Hbond substituents is 1. The number of hydrogen-bond acceptors (Lipinski definition) is 17. The highest BCUT2D eigenvalue weighted by Gasteiger charge is 2.56. The van der Waals surface area contributed by atoms with Gasteiger partial charge in [0, 0.05) is 23.7 Å². The molecule has 0 radical (unpaired) electrons. The van der Waals surface area contributed by atoms with Crippen molar-refractivity contribution in [2.45, 2.75) is 60.8 Å². The van der Waals surface area contributed by atoms with E-state index >= 15 is 0 Å². The van der Waals surface area contributed by atoms with E-state index in [9.17, 15) is 33.3 Å². The van der Waals surface area contributed by atoms with Crippen molar-refractivity contribution in [1.29, 1.82) is 0 Å². The molecule has 0 amide bonds. The number of aliphatic hydroxyl groups excluding tert-OH is 2. The Morgan fingerprint density at radius 2 is 1.44 bits per heavy atom. The van der Waals surface area contributed by atoms with Gasteiger partial charge in [-0.3, -0.25) is 4.79 Å². The Morgan fingerprint density at radius 3 is 2.09 bits per heavy atom. The maximum absolute atomic E-state index is 13.4. The van der Waals surface area contributed by atoms with Crippen molar-refractivity contribution in [3.8, 4) is 28.7 Å². The normalized spacial score (nSPS) is 29.1. The van der Waals surface area contributed by atoms with Crippen molar-refractivity contribution < 1.29 is 80.7 Å². The third kappa shape index (κ3) is 7.93. The lowest BCUT2D eigenvalue weighted by Crippen LogP contribution is -2.63. The average Bonchev–Trinajstić information content (AvgIpc) is 4.03. The summed E-state index contributed by atoms with van der Waals surface area (Å²) in [5.41, 5.74) is 4.91. The van der Waals surface area contributed by atoms with Crippen LogP contribution in [0.25, 0.3) is 11.1 Å². The number of phenols is 1. The molecule has 3 saturated heterocycles. The molecule has 2 unspecified atom stereocenters. The number of methoxy groups -OCH3 is 2. The van der Waals surface area contributed by atoms with Gasteiger partial charge in [0.25, 0.3) is 0 Å². The lowest BCUT2D eigenvalue weighted by atomic mass is 9.66. The van der Waals surface area contributed by atoms with Crippen LogP contribution in [0.2, 0.25) is 0 Å². The van der Waals surface area contributed by atoms with Crippen molar-refractivity contribution in [3.05, 3.63) is 107 Å². The zero-order chi connectivity index (χ0) is 45.0. The van der Waals surface area contributed by atoms with Crippen LogP contribution in [-0.2, 0) is 47.8 Å². The molecule has 10 rings (SSSR count). The van der Waals surface area contributed by atoms with Gasteiger partial charge in [-0.15, -0.1) is 0 Å². The standard InChI is InChI=1S/C29H32O13.C17H14O4S/c1-11-36-9-20-27(40-11)24(31)25(32)29(41-20)42-26-14-7-17-16(38-10-39-17)6-13(14)21(22-15(26)8-37-28(22)33)12-4-18(34-2)23(30)19(5-12)35-3;1-22(19,20)14-9-7-12(8-10-14)15-11-21-17(18)16(15)13-5-3-2-4-6-13/h4-7,11,15,20-22,24-27,29-32H,8-10H2,1-3H3;2-10H,11H2,1H3/t11-,15?,20-,21-,22+,24-,25-,26?,27-,29+;/m1./s1. The molecule has 10 atom stereocenters. The van der Waals surface area contributed by atoms with Crippen LogP contribution >= 0.6 is 0 Å². The first kappa shape index (κ1) is 43.5. The van der Waals surface area contributed by atoms with Crippen LogP contribution < -0.4 is 18.9 Å². The molecule has 0 saturated carbocycles. The first-order valence-electron chi connectivity index (χ1n) is 20.5. The van der Waals surface area contributed by atoms with Gasteiger partial charge in [0.15, 0.2) is 45.4 Å². The predicted molar refractivity (Wildman–Crippen MR) is 222 cm³/mol. The Hall–Kier alpha value is -5.73. The molecule has 4 aromatic rings. The predicted octanol–water partition coefficient (Wildman–Crippen LogP) is 3.90. The van der Waals surface area contributed by atoms with E-state index in [1.54, 1.807) is 55.5 Å². The fraction of sp³-hybridized carbons (Fsp3) is 0.391. The van der Waals surface area contributed by atoms with Gasteiger partial charge in [-0.05, 0) is 71.1 Å². The van der Waals surface area contributed by atoms with Crippen molar-refractivity contribution in [2.24, 2.45) is 11.8 Å². The van der Waals surface area contributed by atoms with Crippen LogP contribution in [0.1, 0.15) is 46.8 Å². The molecule has 18 heteroatoms. The second-order valence-electron chi connectivity index (χ2n) is 16.1. The Labute approximate surface area is 367 Å². The molecule has 5 heterocycles. The van der Waals surface area contributed by atoms with E-state index in [4.69, 9.17) is 47.4 Å². The second-order valence-corrected chi connectivity index (χ2v) is 18.1. The first-order valence-corrected chi connectivity index (χ1v) is 22.4. The van der Waals surface area contributed by atoms with E-state index in [1.807, 2.05) is 30.3 Å². The third-order valence-electron chi connectivity index (χ3n) is 12.3. The van der Waals surface area contributed by atoms with Gasteiger partial charge >= 0.3 is 11.9 Å². The monoisotopic (exact) mass is 902 g/mol. The van der Waals surface area contributed by atoms with Gasteiger partial charge in [-0.25, -0.2) is 13.2 Å². The van der Waals surface area contributed by atoms with E-state index in [1.165, 1.54) is 20.5 Å². The number of rotatable bonds is 8. The Kier molecular flexibility index (Phi) is 11.8. The minimum absolute atomic E-state index is 0.0301. The number of fused-ring (bicyclic) bond motifs is 4. The fourth-order valence-corrected chi connectivity index (χ4v) is 9.80. The molecule has 6 aliphatic rings. The number of esters is 2. The van der Waals surface area contributed by atoms with Crippen LogP contribution in [0.5, 0.6) is 28.7 Å². The molecule has 338 valence electrons. The van der Waals surface area contributed by atoms with Crippen molar-refractivity contribution in [1.82, 2.24) is 0 Å². The summed E-state index contributed by atoms with van der Waals surface area (Å²) < 4.78 is 79.7. The molecule has 0 bridgehead atoms. The maximum Gasteiger partial charge on any atom is 0.339 e. The van der Waals surface area contributed by atoms with E-state index in [0.717, 1.165) is 16.7 Å². The third-order valence-corrected chi connectivity index (χ3v) is 13.4. The summed E-state index contributed by atoms with van der Waals surface area (Å²) in [6.07, 6.45) is -5.63. The SMILES string of the molecule is COc1cc([C@@H]2c3cc4c(cc3C(O[C@@H]3O[C@@H]5CO[C@@H](C)O[C@H]5[C@H](O)[C@H]3O)C3COC(=O)[C@@H]32)OCO4)cc(OC)c1O.CS(=O)(=O)c1ccc(C2=C(c3ccccc3)C(=O)OC2)cc1. The minimum Gasteiger partial charge on any atom is -0.502 e. The van der Waals surface area contributed by atoms with Gasteiger partial charge in [-0.1, -0.05) is 42.5 Å². The molecule has 1 aliphatic carbocycles. The van der Waals surface area contributed by atoms with E-state index < -0.39 is 76.7 Å². The molecule has 5 aliphatic heterocycles. The topological polar surface area (TPSA) is 221 Å². The number of carbonyl (C=O) groups excluding carboxylic acids is 2. The summed E-state index contributed by atoms with van der Waals surface area (Å²) in [5.74, 6) is -1.38. The summed E-state index contributed by atoms with van der Waals surface area (Å²) in [7, 11) is -0.374. The zero-order valence-electron chi connectivity index (χ0n) is 35.1. The van der Waals surface area contributed by atoms with E-state index in [0.29, 0.717) is 33.8 Å². The number of aromatic hydroxyl groups is 1. The molecule has 0 spiro atoms. The van der Waals surface area contributed by atoms with Gasteiger partial charge in [0.05, 0.1) is 49.9 Å². The smallest absolute Gasteiger partial charge is 0.339 e. The Balaban J connectivity index is 0.000000198. The molecular formula is C46H46O17S. The van der Waals surface area contributed by atoms with Crippen LogP contribution in [0.3, 0.4) is 0 Å². The molecule has 3 fully saturated rings. The van der Waals surface area contributed by atoms with Gasteiger partial charge < -0.3 is 62.7 Å². The summed E-state index contributed by atoms with van der Waals surface area (Å²) in [6.45, 7) is 2.12. The number of sulfone groups is 1. The minimum atomic E-state index is -3.23. The van der Waals surface area contributed by atoms with Crippen LogP contribution in [0.4, 0.5) is 0 Å². The van der Waals surface area contributed by atoms with Gasteiger partial charge in [-0.2, -0.15) is 0 Å². The largest absolute Gasteiger partial charge is 0.502 e. The number of benzene rings is 4. The summed E-state index contributed by atoms with van der Waals surface area (Å²) >= 11 is 0. The molecule has 64 heavy (non-hydrogen) atoms. The van der Waals surface area contributed by atoms with Crippen LogP contribution in [0, 0.1) is 11.8 Å². The number of carbonyl (C=O) groups is 2. The van der Waals surface area contributed by atoms with Crippen molar-refractivity contribution in [3.63, 3.8) is 0 Å². The molecule has 0 aromatic heterocycles. The van der Waals surface area contributed by atoms with Gasteiger partial charge in [0.1, 0.15) is 31.0 Å². The zero-order valence-corrected chi connectivity index (χ0v) is 35.9. The maximum atomic E-state index is 13.4. The number of cyclic esters (lactones) is 2. The molecular weight excluding hydrogens is 857 g/mol. The lowest BCUT2D eigenvalue weighted by Gasteiger charge is -2.47. The van der Waals surface area contributed by atoms with Crippen LogP contribution in [-0.4, -0.2) is 120 Å². The second kappa shape index (κ2) is 17.3. The highest BCUT2D eigenvalue weighted by Crippen LogP contribution is 2.57. The van der Waals surface area contributed by atoms with Crippen molar-refractivity contribution in [2.75, 3.05) is 47.1 Å².